The zero-order valence-corrected chi connectivity index (χ0v) is 16.1. The standard InChI is InChI=1S/C17H23N3O2S2/c1-4-20-15(18)14-11-7-6-10(3)8-12(11)24-16(14)19-17(20)23-9-13(21)22-5-2/h10,18H,4-9H2,1-3H3/p+1/t10-/m1/s1. The van der Waals surface area contributed by atoms with Crippen molar-refractivity contribution in [3.63, 3.8) is 0 Å². The highest BCUT2D eigenvalue weighted by Crippen LogP contribution is 2.39. The fourth-order valence-electron chi connectivity index (χ4n) is 3.21. The van der Waals surface area contributed by atoms with E-state index in [0.717, 1.165) is 46.5 Å². The van der Waals surface area contributed by atoms with E-state index in [0.29, 0.717) is 6.61 Å². The summed E-state index contributed by atoms with van der Waals surface area (Å²) in [4.78, 5) is 18.9. The molecule has 0 aromatic carbocycles. The number of aryl methyl sites for hydroxylation is 1. The van der Waals surface area contributed by atoms with E-state index in [-0.39, 0.29) is 11.7 Å². The number of nitrogens with two attached hydrogens (primary N) is 1. The number of carbonyl (C=O) groups is 1. The van der Waals surface area contributed by atoms with Gasteiger partial charge in [-0.3, -0.25) is 4.79 Å². The van der Waals surface area contributed by atoms with Gasteiger partial charge in [-0.1, -0.05) is 11.9 Å². The number of thioether (sulfide) groups is 1. The Morgan fingerprint density at radius 3 is 3.00 bits per heavy atom. The van der Waals surface area contributed by atoms with Crippen LogP contribution in [0.2, 0.25) is 0 Å². The van der Waals surface area contributed by atoms with E-state index in [1.165, 1.54) is 28.6 Å². The molecule has 0 unspecified atom stereocenters. The predicted molar refractivity (Wildman–Crippen MR) is 98.4 cm³/mol. The van der Waals surface area contributed by atoms with E-state index < -0.39 is 0 Å². The third-order valence-electron chi connectivity index (χ3n) is 4.41. The summed E-state index contributed by atoms with van der Waals surface area (Å²) in [6.07, 6.45) is 3.42. The van der Waals surface area contributed by atoms with Gasteiger partial charge in [0.05, 0.1) is 13.2 Å². The van der Waals surface area contributed by atoms with Gasteiger partial charge in [-0.15, -0.1) is 11.3 Å². The molecule has 2 N–H and O–H groups in total. The zero-order valence-electron chi connectivity index (χ0n) is 14.4. The van der Waals surface area contributed by atoms with Crippen LogP contribution in [0.3, 0.4) is 0 Å². The topological polar surface area (TPSA) is 69.1 Å². The minimum atomic E-state index is -0.218. The number of hydrogen-bond donors (Lipinski definition) is 1. The van der Waals surface area contributed by atoms with Gasteiger partial charge in [0.25, 0.3) is 0 Å². The first-order valence-electron chi connectivity index (χ1n) is 8.47. The molecule has 2 heterocycles. The van der Waals surface area contributed by atoms with Crippen LogP contribution in [0.25, 0.3) is 10.2 Å². The summed E-state index contributed by atoms with van der Waals surface area (Å²) >= 11 is 3.16. The smallest absolute Gasteiger partial charge is 0.316 e. The minimum Gasteiger partial charge on any atom is -0.465 e. The van der Waals surface area contributed by atoms with E-state index in [1.54, 1.807) is 11.3 Å². The van der Waals surface area contributed by atoms with E-state index in [1.807, 2.05) is 11.5 Å². The van der Waals surface area contributed by atoms with Crippen LogP contribution >= 0.6 is 23.1 Å². The first-order chi connectivity index (χ1) is 11.5. The quantitative estimate of drug-likeness (QED) is 0.381. The van der Waals surface area contributed by atoms with Crippen molar-refractivity contribution < 1.29 is 14.1 Å². The Kier molecular flexibility index (Phi) is 5.30. The van der Waals surface area contributed by atoms with E-state index in [4.69, 9.17) is 15.5 Å². The number of carbonyl (C=O) groups excluding carboxylic acids is 1. The summed E-state index contributed by atoms with van der Waals surface area (Å²) in [5.74, 6) is 1.54. The lowest BCUT2D eigenvalue weighted by atomic mass is 9.89. The Bertz CT molecular complexity index is 773. The summed E-state index contributed by atoms with van der Waals surface area (Å²) in [6, 6.07) is 0. The predicted octanol–water partition coefficient (Wildman–Crippen LogP) is 2.97. The summed E-state index contributed by atoms with van der Waals surface area (Å²) in [5, 5.41) is 1.92. The zero-order chi connectivity index (χ0) is 17.3. The maximum atomic E-state index is 11.7. The second-order valence-corrected chi connectivity index (χ2v) is 8.18. The number of rotatable bonds is 5. The van der Waals surface area contributed by atoms with Crippen LogP contribution in [0, 0.1) is 5.92 Å². The van der Waals surface area contributed by atoms with Crippen molar-refractivity contribution in [1.82, 2.24) is 4.98 Å². The first-order valence-corrected chi connectivity index (χ1v) is 10.3. The monoisotopic (exact) mass is 366 g/mol. The summed E-state index contributed by atoms with van der Waals surface area (Å²) < 4.78 is 7.02. The average Bonchev–Trinajstić information content (AvgIpc) is 2.90. The lowest BCUT2D eigenvalue weighted by molar-refractivity contribution is -0.718. The maximum absolute atomic E-state index is 11.7. The number of esters is 1. The number of nitrogen functional groups attached to an aromatic ring is 1. The van der Waals surface area contributed by atoms with E-state index in [9.17, 15) is 4.79 Å². The Morgan fingerprint density at radius 2 is 2.29 bits per heavy atom. The molecule has 0 bridgehead atoms. The molecule has 0 amide bonds. The van der Waals surface area contributed by atoms with Crippen molar-refractivity contribution >= 4 is 45.1 Å². The summed E-state index contributed by atoms with van der Waals surface area (Å²) in [7, 11) is 0. The number of anilines is 1. The molecule has 0 spiro atoms. The fraction of sp³-hybridized carbons (Fsp3) is 0.588. The molecular weight excluding hydrogens is 342 g/mol. The Labute approximate surface area is 150 Å². The molecule has 1 aliphatic rings. The van der Waals surface area contributed by atoms with E-state index in [2.05, 4.69) is 13.8 Å². The molecule has 0 saturated carbocycles. The van der Waals surface area contributed by atoms with Gasteiger partial charge in [0, 0.05) is 4.88 Å². The van der Waals surface area contributed by atoms with Gasteiger partial charge in [-0.2, -0.15) is 0 Å². The average molecular weight is 367 g/mol. The molecule has 24 heavy (non-hydrogen) atoms. The number of thiophene rings is 1. The Balaban J connectivity index is 2.00. The van der Waals surface area contributed by atoms with Crippen molar-refractivity contribution in [2.45, 2.75) is 51.7 Å². The van der Waals surface area contributed by atoms with Crippen molar-refractivity contribution in [3.05, 3.63) is 10.4 Å². The van der Waals surface area contributed by atoms with Gasteiger partial charge in [0.1, 0.15) is 11.1 Å². The molecule has 130 valence electrons. The summed E-state index contributed by atoms with van der Waals surface area (Å²) in [6.45, 7) is 7.31. The normalized spacial score (nSPS) is 17.0. The second kappa shape index (κ2) is 7.27. The minimum absolute atomic E-state index is 0.218. The Hall–Kier alpha value is -1.34. The lowest BCUT2D eigenvalue weighted by Crippen LogP contribution is -2.40. The maximum Gasteiger partial charge on any atom is 0.316 e. The van der Waals surface area contributed by atoms with Crippen molar-refractivity contribution in [3.8, 4) is 0 Å². The molecule has 7 heteroatoms. The first kappa shape index (κ1) is 17.5. The molecule has 0 aliphatic heterocycles. The van der Waals surface area contributed by atoms with Gasteiger partial charge < -0.3 is 10.5 Å². The fourth-order valence-corrected chi connectivity index (χ4v) is 5.52. The molecular formula is C17H24N3O2S2+. The molecule has 1 aliphatic carbocycles. The number of fused-ring (bicyclic) bond motifs is 3. The van der Waals surface area contributed by atoms with Gasteiger partial charge in [0.15, 0.2) is 0 Å². The highest BCUT2D eigenvalue weighted by Gasteiger charge is 2.28. The van der Waals surface area contributed by atoms with Crippen molar-refractivity contribution in [1.29, 1.82) is 0 Å². The van der Waals surface area contributed by atoms with Crippen molar-refractivity contribution in [2.24, 2.45) is 5.92 Å². The highest BCUT2D eigenvalue weighted by atomic mass is 32.2. The molecule has 5 nitrogen and oxygen atoms in total. The molecule has 2 aromatic heterocycles. The highest BCUT2D eigenvalue weighted by molar-refractivity contribution is 7.99. The van der Waals surface area contributed by atoms with Crippen LogP contribution in [0.15, 0.2) is 5.16 Å². The molecule has 1 atom stereocenters. The SMILES string of the molecule is CCOC(=O)CSc1nc2sc3c(c2c(N)[n+]1CC)CC[C@@H](C)C3. The third-order valence-corrected chi connectivity index (χ3v) is 6.51. The largest absolute Gasteiger partial charge is 0.465 e. The van der Waals surface area contributed by atoms with Gasteiger partial charge in [0.2, 0.25) is 10.6 Å². The molecule has 3 rings (SSSR count). The third kappa shape index (κ3) is 3.24. The van der Waals surface area contributed by atoms with Crippen LogP contribution in [-0.4, -0.2) is 23.3 Å². The molecule has 0 fully saturated rings. The van der Waals surface area contributed by atoms with E-state index >= 15 is 0 Å². The van der Waals surface area contributed by atoms with Crippen LogP contribution < -0.4 is 10.3 Å². The number of nitrogens with zero attached hydrogens (tertiary/aromatic N) is 2. The van der Waals surface area contributed by atoms with Crippen LogP contribution in [0.5, 0.6) is 0 Å². The number of hydrogen-bond acceptors (Lipinski definition) is 6. The van der Waals surface area contributed by atoms with Gasteiger partial charge >= 0.3 is 11.1 Å². The molecule has 2 aromatic rings. The second-order valence-electron chi connectivity index (χ2n) is 6.15. The number of aromatic nitrogens is 2. The summed E-state index contributed by atoms with van der Waals surface area (Å²) in [5.41, 5.74) is 7.89. The molecule has 0 saturated heterocycles. The van der Waals surface area contributed by atoms with Gasteiger partial charge in [-0.05, 0) is 56.4 Å². The van der Waals surface area contributed by atoms with Gasteiger partial charge in [-0.25, -0.2) is 4.57 Å². The molecule has 0 radical (unpaired) electrons. The lowest BCUT2D eigenvalue weighted by Gasteiger charge is -2.17. The van der Waals surface area contributed by atoms with Crippen LogP contribution in [0.4, 0.5) is 5.82 Å². The van der Waals surface area contributed by atoms with Crippen LogP contribution in [-0.2, 0) is 28.9 Å². The van der Waals surface area contributed by atoms with Crippen LogP contribution in [0.1, 0.15) is 37.6 Å². The number of ether oxygens (including phenoxy) is 1. The Morgan fingerprint density at radius 1 is 1.50 bits per heavy atom. The van der Waals surface area contributed by atoms with Crippen molar-refractivity contribution in [2.75, 3.05) is 18.1 Å².